The summed E-state index contributed by atoms with van der Waals surface area (Å²) < 4.78 is 0. The monoisotopic (exact) mass is 156 g/mol. The van der Waals surface area contributed by atoms with Gasteiger partial charge in [0.25, 0.3) is 0 Å². The van der Waals surface area contributed by atoms with Crippen molar-refractivity contribution in [2.24, 2.45) is 5.92 Å². The highest BCUT2D eigenvalue weighted by molar-refractivity contribution is 4.72. The van der Waals surface area contributed by atoms with Gasteiger partial charge in [-0.05, 0) is 5.92 Å². The van der Waals surface area contributed by atoms with Gasteiger partial charge in [-0.1, -0.05) is 46.6 Å². The molecule has 1 atom stereocenters. The van der Waals surface area contributed by atoms with Gasteiger partial charge in [-0.2, -0.15) is 0 Å². The fourth-order valence-electron chi connectivity index (χ4n) is 0.167. The summed E-state index contributed by atoms with van der Waals surface area (Å²) in [5.74, 6) is 0.699. The van der Waals surface area contributed by atoms with E-state index in [1.54, 1.807) is 0 Å². The number of allylic oxidation sites excluding steroid dienone is 1. The van der Waals surface area contributed by atoms with E-state index >= 15 is 0 Å². The van der Waals surface area contributed by atoms with Crippen LogP contribution in [-0.4, -0.2) is 0 Å². The second-order valence-corrected chi connectivity index (χ2v) is 2.33. The van der Waals surface area contributed by atoms with Crippen molar-refractivity contribution in [1.82, 2.24) is 0 Å². The molecule has 0 saturated heterocycles. The van der Waals surface area contributed by atoms with Gasteiger partial charge in [0.2, 0.25) is 0 Å². The van der Waals surface area contributed by atoms with Gasteiger partial charge in [-0.15, -0.1) is 19.7 Å². The molecule has 0 aliphatic rings. The molecule has 11 heavy (non-hydrogen) atoms. The average Bonchev–Trinajstić information content (AvgIpc) is 2.08. The minimum atomic E-state index is 0.699. The van der Waals surface area contributed by atoms with Crippen molar-refractivity contribution < 1.29 is 0 Å². The molecule has 0 N–H and O–H groups in total. The van der Waals surface area contributed by atoms with Gasteiger partial charge in [0.05, 0.1) is 0 Å². The van der Waals surface area contributed by atoms with E-state index in [1.807, 2.05) is 6.08 Å². The largest absolute Gasteiger partial charge is 0.106 e. The van der Waals surface area contributed by atoms with E-state index in [0.29, 0.717) is 5.92 Å². The van der Waals surface area contributed by atoms with Crippen LogP contribution in [0.1, 0.15) is 40.5 Å². The Morgan fingerprint density at radius 3 is 1.45 bits per heavy atom. The molecule has 0 aliphatic heterocycles. The maximum Gasteiger partial charge on any atom is -0.0267 e. The summed E-state index contributed by atoms with van der Waals surface area (Å²) in [6.45, 7) is 18.2. The van der Waals surface area contributed by atoms with Gasteiger partial charge in [-0.25, -0.2) is 0 Å². The van der Waals surface area contributed by atoms with Crippen LogP contribution in [-0.2, 0) is 0 Å². The predicted molar refractivity (Wildman–Crippen MR) is 56.9 cm³/mol. The quantitative estimate of drug-likeness (QED) is 0.519. The van der Waals surface area contributed by atoms with Crippen molar-refractivity contribution in [2.45, 2.75) is 40.5 Å². The van der Waals surface area contributed by atoms with E-state index in [2.05, 4.69) is 47.4 Å². The Labute approximate surface area is 73.0 Å². The standard InChI is InChI=1S/C6H12.C3H8.C2H4/c1-4-6(3)5-2;1-3-2;1-2/h4,6H,1,5H2,2-3H3;3H2,1-2H3;1-2H2. The Balaban J connectivity index is -0.000000109. The molecule has 0 aromatic carbocycles. The average molecular weight is 156 g/mol. The van der Waals surface area contributed by atoms with Crippen LogP contribution in [0.15, 0.2) is 25.8 Å². The third-order valence-corrected chi connectivity index (χ3v) is 1.05. The maximum atomic E-state index is 3.63. The molecule has 1 unspecified atom stereocenters. The lowest BCUT2D eigenvalue weighted by molar-refractivity contribution is 0.700. The van der Waals surface area contributed by atoms with Crippen LogP contribution < -0.4 is 0 Å². The van der Waals surface area contributed by atoms with Gasteiger partial charge >= 0.3 is 0 Å². The van der Waals surface area contributed by atoms with E-state index in [-0.39, 0.29) is 0 Å². The van der Waals surface area contributed by atoms with Gasteiger partial charge < -0.3 is 0 Å². The van der Waals surface area contributed by atoms with Crippen molar-refractivity contribution in [1.29, 1.82) is 0 Å². The van der Waals surface area contributed by atoms with Crippen LogP contribution in [0.5, 0.6) is 0 Å². The van der Waals surface area contributed by atoms with Crippen molar-refractivity contribution in [3.63, 3.8) is 0 Å². The number of rotatable bonds is 2. The Hall–Kier alpha value is -0.520. The molecule has 0 rings (SSSR count). The minimum Gasteiger partial charge on any atom is -0.106 e. The van der Waals surface area contributed by atoms with Gasteiger partial charge in [0.15, 0.2) is 0 Å². The van der Waals surface area contributed by atoms with E-state index in [9.17, 15) is 0 Å². The third kappa shape index (κ3) is 43.8. The lowest BCUT2D eigenvalue weighted by Crippen LogP contribution is -1.80. The Bertz CT molecular complexity index is 55.1. The van der Waals surface area contributed by atoms with E-state index in [4.69, 9.17) is 0 Å². The first-order valence-corrected chi connectivity index (χ1v) is 4.35. The molecule has 68 valence electrons. The molecule has 0 heterocycles. The summed E-state index contributed by atoms with van der Waals surface area (Å²) in [6, 6.07) is 0. The lowest BCUT2D eigenvalue weighted by atomic mass is 10.1. The molecule has 0 aromatic rings. The highest BCUT2D eigenvalue weighted by Crippen LogP contribution is 1.98. The van der Waals surface area contributed by atoms with Crippen molar-refractivity contribution >= 4 is 0 Å². The maximum absolute atomic E-state index is 3.63. The summed E-state index contributed by atoms with van der Waals surface area (Å²) >= 11 is 0. The fraction of sp³-hybridized carbons (Fsp3) is 0.636. The Kier molecular flexibility index (Phi) is 34.7. The highest BCUT2D eigenvalue weighted by Gasteiger charge is 1.84. The van der Waals surface area contributed by atoms with Crippen LogP contribution in [0.2, 0.25) is 0 Å². The zero-order valence-corrected chi connectivity index (χ0v) is 8.69. The van der Waals surface area contributed by atoms with Crippen molar-refractivity contribution in [2.75, 3.05) is 0 Å². The summed E-state index contributed by atoms with van der Waals surface area (Å²) in [7, 11) is 0. The van der Waals surface area contributed by atoms with Crippen LogP contribution in [0.4, 0.5) is 0 Å². The Morgan fingerprint density at radius 1 is 1.18 bits per heavy atom. The second kappa shape index (κ2) is 22.7. The molecule has 0 aromatic heterocycles. The molecule has 0 nitrogen and oxygen atoms in total. The van der Waals surface area contributed by atoms with Crippen LogP contribution in [0, 0.1) is 5.92 Å². The highest BCUT2D eigenvalue weighted by atomic mass is 13.9. The zero-order chi connectivity index (χ0) is 9.70. The van der Waals surface area contributed by atoms with E-state index in [0.717, 1.165) is 0 Å². The van der Waals surface area contributed by atoms with Crippen molar-refractivity contribution in [3.8, 4) is 0 Å². The second-order valence-electron chi connectivity index (χ2n) is 2.33. The first-order chi connectivity index (χ1) is 5.22. The van der Waals surface area contributed by atoms with Crippen LogP contribution >= 0.6 is 0 Å². The Morgan fingerprint density at radius 2 is 1.45 bits per heavy atom. The lowest BCUT2D eigenvalue weighted by Gasteiger charge is -1.93. The normalized spacial score (nSPS) is 9.45. The fourth-order valence-corrected chi connectivity index (χ4v) is 0.167. The first-order valence-electron chi connectivity index (χ1n) is 4.35. The molecule has 0 saturated carbocycles. The summed E-state index contributed by atoms with van der Waals surface area (Å²) in [5.41, 5.74) is 0. The molecule has 0 fully saturated rings. The number of hydrogen-bond acceptors (Lipinski definition) is 0. The van der Waals surface area contributed by atoms with Gasteiger partial charge in [-0.3, -0.25) is 0 Å². The van der Waals surface area contributed by atoms with Crippen LogP contribution in [0.25, 0.3) is 0 Å². The minimum absolute atomic E-state index is 0.699. The topological polar surface area (TPSA) is 0 Å². The van der Waals surface area contributed by atoms with E-state index < -0.39 is 0 Å². The molecule has 0 heteroatoms. The first kappa shape index (κ1) is 16.8. The zero-order valence-electron chi connectivity index (χ0n) is 8.69. The number of hydrogen-bond donors (Lipinski definition) is 0. The molecule has 0 bridgehead atoms. The third-order valence-electron chi connectivity index (χ3n) is 1.05. The summed E-state index contributed by atoms with van der Waals surface area (Å²) in [4.78, 5) is 0. The molecule has 0 aliphatic carbocycles. The molecular formula is C11H24. The van der Waals surface area contributed by atoms with Gasteiger partial charge in [0, 0.05) is 0 Å². The molecule has 0 spiro atoms. The molecule has 0 amide bonds. The van der Waals surface area contributed by atoms with E-state index in [1.165, 1.54) is 12.8 Å². The predicted octanol–water partition coefficient (Wildman–Crippen LogP) is 4.44. The summed E-state index contributed by atoms with van der Waals surface area (Å²) in [5, 5.41) is 0. The summed E-state index contributed by atoms with van der Waals surface area (Å²) in [6.07, 6.45) is 4.43. The van der Waals surface area contributed by atoms with Crippen molar-refractivity contribution in [3.05, 3.63) is 25.8 Å². The SMILES string of the molecule is C=C.C=CC(C)CC.CCC. The smallest absolute Gasteiger partial charge is 0.0267 e. The molecule has 0 radical (unpaired) electrons. The van der Waals surface area contributed by atoms with Crippen LogP contribution in [0.3, 0.4) is 0 Å². The van der Waals surface area contributed by atoms with Gasteiger partial charge in [0.1, 0.15) is 0 Å². The molecular weight excluding hydrogens is 132 g/mol.